The molecule has 0 radical (unpaired) electrons. The Kier molecular flexibility index (Phi) is 5.39. The highest BCUT2D eigenvalue weighted by Gasteiger charge is 2.38. The third kappa shape index (κ3) is 4.49. The predicted octanol–water partition coefficient (Wildman–Crippen LogP) is 4.10. The SMILES string of the molecule is Cc1cc(N2CCC(Nc3ccc([N+](=O)[O-])c(C(F)(F)F)c3)CC2)nc(C)n1. The van der Waals surface area contributed by atoms with Crippen LogP contribution in [0.25, 0.3) is 0 Å². The van der Waals surface area contributed by atoms with Crippen LogP contribution in [0, 0.1) is 24.0 Å². The van der Waals surface area contributed by atoms with Gasteiger partial charge in [-0.05, 0) is 38.8 Å². The molecule has 3 rings (SSSR count). The number of halogens is 3. The largest absolute Gasteiger partial charge is 0.423 e. The summed E-state index contributed by atoms with van der Waals surface area (Å²) in [5, 5.41) is 13.9. The van der Waals surface area contributed by atoms with Gasteiger partial charge in [0.05, 0.1) is 4.92 Å². The number of aryl methyl sites for hydroxylation is 2. The smallest absolute Gasteiger partial charge is 0.382 e. The van der Waals surface area contributed by atoms with Crippen molar-refractivity contribution < 1.29 is 18.1 Å². The van der Waals surface area contributed by atoms with Gasteiger partial charge in [-0.2, -0.15) is 13.2 Å². The Morgan fingerprint density at radius 1 is 1.18 bits per heavy atom. The van der Waals surface area contributed by atoms with Crippen molar-refractivity contribution >= 4 is 17.2 Å². The van der Waals surface area contributed by atoms with Crippen molar-refractivity contribution in [3.63, 3.8) is 0 Å². The molecule has 0 amide bonds. The van der Waals surface area contributed by atoms with E-state index in [9.17, 15) is 23.3 Å². The molecular weight excluding hydrogens is 375 g/mol. The normalized spacial score (nSPS) is 15.5. The Hall–Kier alpha value is -2.91. The number of nitro groups is 1. The van der Waals surface area contributed by atoms with E-state index in [1.54, 1.807) is 0 Å². The van der Waals surface area contributed by atoms with Crippen molar-refractivity contribution in [2.45, 2.75) is 38.9 Å². The molecule has 1 N–H and O–H groups in total. The summed E-state index contributed by atoms with van der Waals surface area (Å²) in [5.41, 5.74) is -1.08. The van der Waals surface area contributed by atoms with Crippen LogP contribution in [0.4, 0.5) is 30.4 Å². The zero-order valence-corrected chi connectivity index (χ0v) is 15.5. The third-order valence-electron chi connectivity index (χ3n) is 4.64. The topological polar surface area (TPSA) is 84.2 Å². The second-order valence-corrected chi connectivity index (χ2v) is 6.81. The van der Waals surface area contributed by atoms with Crippen LogP contribution < -0.4 is 10.2 Å². The number of nitrogens with one attached hydrogen (secondary N) is 1. The van der Waals surface area contributed by atoms with Crippen molar-refractivity contribution in [2.75, 3.05) is 23.3 Å². The van der Waals surface area contributed by atoms with Gasteiger partial charge in [-0.25, -0.2) is 9.97 Å². The minimum absolute atomic E-state index is 0.0252. The van der Waals surface area contributed by atoms with Crippen LogP contribution in [0.15, 0.2) is 24.3 Å². The highest BCUT2D eigenvalue weighted by atomic mass is 19.4. The van der Waals surface area contributed by atoms with Crippen molar-refractivity contribution in [3.05, 3.63) is 51.5 Å². The molecule has 28 heavy (non-hydrogen) atoms. The monoisotopic (exact) mass is 395 g/mol. The molecule has 0 aliphatic carbocycles. The first-order valence-electron chi connectivity index (χ1n) is 8.83. The van der Waals surface area contributed by atoms with Gasteiger partial charge in [0.2, 0.25) is 0 Å². The molecule has 0 unspecified atom stereocenters. The van der Waals surface area contributed by atoms with E-state index in [0.717, 1.165) is 23.6 Å². The van der Waals surface area contributed by atoms with Gasteiger partial charge in [-0.15, -0.1) is 0 Å². The van der Waals surface area contributed by atoms with Crippen LogP contribution >= 0.6 is 0 Å². The van der Waals surface area contributed by atoms with E-state index in [2.05, 4.69) is 20.2 Å². The zero-order valence-electron chi connectivity index (χ0n) is 15.5. The fraction of sp³-hybridized carbons (Fsp3) is 0.444. The second kappa shape index (κ2) is 7.61. The van der Waals surface area contributed by atoms with Crippen molar-refractivity contribution in [2.24, 2.45) is 0 Å². The van der Waals surface area contributed by atoms with Crippen molar-refractivity contribution in [1.29, 1.82) is 0 Å². The number of benzene rings is 1. The summed E-state index contributed by atoms with van der Waals surface area (Å²) in [6.07, 6.45) is -3.37. The summed E-state index contributed by atoms with van der Waals surface area (Å²) in [4.78, 5) is 20.7. The fourth-order valence-corrected chi connectivity index (χ4v) is 3.36. The first-order chi connectivity index (χ1) is 13.1. The molecule has 2 aromatic rings. The molecule has 0 saturated carbocycles. The quantitative estimate of drug-likeness (QED) is 0.620. The summed E-state index contributed by atoms with van der Waals surface area (Å²) in [6.45, 7) is 5.14. The summed E-state index contributed by atoms with van der Waals surface area (Å²) < 4.78 is 39.4. The van der Waals surface area contributed by atoms with Crippen LogP contribution in [0.3, 0.4) is 0 Å². The van der Waals surface area contributed by atoms with Crippen molar-refractivity contribution in [1.82, 2.24) is 9.97 Å². The Morgan fingerprint density at radius 3 is 2.43 bits per heavy atom. The maximum absolute atomic E-state index is 13.1. The Bertz CT molecular complexity index is 860. The van der Waals surface area contributed by atoms with Gasteiger partial charge in [0, 0.05) is 42.6 Å². The second-order valence-electron chi connectivity index (χ2n) is 6.81. The molecule has 1 aliphatic rings. The average molecular weight is 395 g/mol. The summed E-state index contributed by atoms with van der Waals surface area (Å²) in [5.74, 6) is 1.54. The van der Waals surface area contributed by atoms with E-state index >= 15 is 0 Å². The molecule has 2 heterocycles. The van der Waals surface area contributed by atoms with Gasteiger partial charge in [0.25, 0.3) is 5.69 Å². The highest BCUT2D eigenvalue weighted by molar-refractivity contribution is 5.56. The molecule has 1 aromatic heterocycles. The molecule has 1 aliphatic heterocycles. The lowest BCUT2D eigenvalue weighted by Gasteiger charge is -2.33. The molecule has 150 valence electrons. The van der Waals surface area contributed by atoms with Gasteiger partial charge in [-0.1, -0.05) is 0 Å². The van der Waals surface area contributed by atoms with Gasteiger partial charge >= 0.3 is 6.18 Å². The number of aromatic nitrogens is 2. The number of rotatable bonds is 4. The minimum Gasteiger partial charge on any atom is -0.382 e. The van der Waals surface area contributed by atoms with Gasteiger partial charge in [0.15, 0.2) is 0 Å². The van der Waals surface area contributed by atoms with E-state index in [1.165, 1.54) is 6.07 Å². The molecule has 7 nitrogen and oxygen atoms in total. The minimum atomic E-state index is -4.79. The third-order valence-corrected chi connectivity index (χ3v) is 4.64. The molecule has 1 aromatic carbocycles. The maximum Gasteiger partial charge on any atom is 0.423 e. The number of anilines is 2. The number of hydrogen-bond donors (Lipinski definition) is 1. The number of hydrogen-bond acceptors (Lipinski definition) is 6. The lowest BCUT2D eigenvalue weighted by molar-refractivity contribution is -0.388. The zero-order chi connectivity index (χ0) is 20.5. The van der Waals surface area contributed by atoms with E-state index in [4.69, 9.17) is 0 Å². The summed E-state index contributed by atoms with van der Waals surface area (Å²) >= 11 is 0. The Labute approximate surface area is 159 Å². The van der Waals surface area contributed by atoms with Crippen LogP contribution in [0.1, 0.15) is 29.9 Å². The fourth-order valence-electron chi connectivity index (χ4n) is 3.36. The summed E-state index contributed by atoms with van der Waals surface area (Å²) in [7, 11) is 0. The van der Waals surface area contributed by atoms with Crippen molar-refractivity contribution in [3.8, 4) is 0 Å². The van der Waals surface area contributed by atoms with Gasteiger partial charge in [-0.3, -0.25) is 10.1 Å². The molecule has 0 spiro atoms. The number of nitrogens with zero attached hydrogens (tertiary/aromatic N) is 4. The van der Waals surface area contributed by atoms with E-state index in [0.29, 0.717) is 31.8 Å². The summed E-state index contributed by atoms with van der Waals surface area (Å²) in [6, 6.07) is 4.90. The van der Waals surface area contributed by atoms with E-state index in [1.807, 2.05) is 19.9 Å². The lowest BCUT2D eigenvalue weighted by atomic mass is 10.0. The first kappa shape index (κ1) is 19.8. The number of nitro benzene ring substituents is 1. The standard InChI is InChI=1S/C18H20F3N5O2/c1-11-9-17(23-12(2)22-11)25-7-5-13(6-8-25)24-14-3-4-16(26(27)28)15(10-14)18(19,20)21/h3-4,9-10,13,24H,5-8H2,1-2H3. The lowest BCUT2D eigenvalue weighted by Crippen LogP contribution is -2.39. The number of alkyl halides is 3. The molecule has 0 bridgehead atoms. The van der Waals surface area contributed by atoms with Gasteiger partial charge < -0.3 is 10.2 Å². The van der Waals surface area contributed by atoms with E-state index < -0.39 is 22.4 Å². The number of piperidine rings is 1. The molecule has 1 saturated heterocycles. The Balaban J connectivity index is 1.68. The first-order valence-corrected chi connectivity index (χ1v) is 8.83. The molecule has 0 atom stereocenters. The van der Waals surface area contributed by atoms with Crippen LogP contribution in [0.5, 0.6) is 0 Å². The molecule has 10 heteroatoms. The average Bonchev–Trinajstić information content (AvgIpc) is 2.60. The van der Waals surface area contributed by atoms with Crippen LogP contribution in [-0.2, 0) is 6.18 Å². The van der Waals surface area contributed by atoms with Crippen LogP contribution in [-0.4, -0.2) is 34.0 Å². The van der Waals surface area contributed by atoms with Crippen LogP contribution in [0.2, 0.25) is 0 Å². The predicted molar refractivity (Wildman–Crippen MR) is 98.5 cm³/mol. The van der Waals surface area contributed by atoms with E-state index in [-0.39, 0.29) is 11.7 Å². The molecule has 1 fully saturated rings. The maximum atomic E-state index is 13.1. The molecular formula is C18H20F3N5O2. The van der Waals surface area contributed by atoms with Gasteiger partial charge in [0.1, 0.15) is 17.2 Å². The highest BCUT2D eigenvalue weighted by Crippen LogP contribution is 2.38. The Morgan fingerprint density at radius 2 is 1.86 bits per heavy atom.